The third-order valence-electron chi connectivity index (χ3n) is 6.04. The fraction of sp³-hybridized carbons (Fsp3) is 0.571. The molecule has 0 aromatic heterocycles. The highest BCUT2D eigenvalue weighted by atomic mass is 127. The van der Waals surface area contributed by atoms with E-state index in [2.05, 4.69) is 105 Å². The van der Waals surface area contributed by atoms with Crippen molar-refractivity contribution in [3.05, 3.63) is 59.7 Å². The summed E-state index contributed by atoms with van der Waals surface area (Å²) in [5.74, 6) is 2.90. The molecule has 34 heavy (non-hydrogen) atoms. The quantitative estimate of drug-likeness (QED) is 0.209. The highest BCUT2D eigenvalue weighted by molar-refractivity contribution is 5.35. The molecular formula is C28H46I2N2O2. The second-order valence-corrected chi connectivity index (χ2v) is 10.9. The summed E-state index contributed by atoms with van der Waals surface area (Å²) in [7, 11) is 13.1. The number of hydrogen-bond donors (Lipinski definition) is 0. The van der Waals surface area contributed by atoms with Gasteiger partial charge in [0.25, 0.3) is 0 Å². The number of nitrogens with zero attached hydrogens (tertiary/aromatic N) is 2. The van der Waals surface area contributed by atoms with E-state index < -0.39 is 0 Å². The van der Waals surface area contributed by atoms with Crippen molar-refractivity contribution in [3.8, 4) is 11.5 Å². The number of rotatable bonds is 13. The molecule has 0 amide bonds. The maximum absolute atomic E-state index is 5.96. The molecule has 0 saturated carbocycles. The first-order valence-corrected chi connectivity index (χ1v) is 12.1. The van der Waals surface area contributed by atoms with Crippen LogP contribution in [0.2, 0.25) is 0 Å². The predicted molar refractivity (Wildman–Crippen MR) is 136 cm³/mol. The summed E-state index contributed by atoms with van der Waals surface area (Å²) >= 11 is 0. The van der Waals surface area contributed by atoms with Crippen LogP contribution in [0.15, 0.2) is 48.5 Å². The lowest BCUT2D eigenvalue weighted by molar-refractivity contribution is -0.870. The standard InChI is InChI=1S/C28H46N2O2.2HI/c1-9-27(23-11-15-25(16-12-23)31-21-19-29(3,4)5)28(10-2)24-13-17-26(18-14-24)32-22-20-30(6,7)8;;/h11-18,27-28H,9-10,19-22H2,1-8H3;2*1H/q+2;;/p-2. The summed E-state index contributed by atoms with van der Waals surface area (Å²) in [6.07, 6.45) is 2.23. The number of likely N-dealkylation sites (N-methyl/N-ethyl adjacent to an activating group) is 2. The fourth-order valence-corrected chi connectivity index (χ4v) is 4.00. The van der Waals surface area contributed by atoms with Crippen molar-refractivity contribution in [3.63, 3.8) is 0 Å². The fourth-order valence-electron chi connectivity index (χ4n) is 4.00. The van der Waals surface area contributed by atoms with E-state index in [1.807, 2.05) is 0 Å². The van der Waals surface area contributed by atoms with Gasteiger partial charge in [-0.1, -0.05) is 38.1 Å². The van der Waals surface area contributed by atoms with Gasteiger partial charge in [0.1, 0.15) is 37.8 Å². The van der Waals surface area contributed by atoms with Gasteiger partial charge in [0, 0.05) is 0 Å². The van der Waals surface area contributed by atoms with Gasteiger partial charge >= 0.3 is 0 Å². The van der Waals surface area contributed by atoms with Crippen LogP contribution in [-0.2, 0) is 0 Å². The van der Waals surface area contributed by atoms with Crippen LogP contribution in [0, 0.1) is 0 Å². The molecule has 2 atom stereocenters. The van der Waals surface area contributed by atoms with E-state index in [0.29, 0.717) is 11.8 Å². The van der Waals surface area contributed by atoms with E-state index in [1.54, 1.807) is 0 Å². The molecule has 194 valence electrons. The molecule has 2 unspecified atom stereocenters. The van der Waals surface area contributed by atoms with Crippen molar-refractivity contribution in [1.29, 1.82) is 0 Å². The summed E-state index contributed by atoms with van der Waals surface area (Å²) in [6.45, 7) is 8.04. The maximum Gasteiger partial charge on any atom is 0.137 e. The number of halogens is 2. The van der Waals surface area contributed by atoms with Crippen LogP contribution in [-0.4, -0.2) is 77.6 Å². The van der Waals surface area contributed by atoms with Gasteiger partial charge in [0.15, 0.2) is 0 Å². The molecule has 4 nitrogen and oxygen atoms in total. The Balaban J connectivity index is 0.00000544. The maximum atomic E-state index is 5.96. The van der Waals surface area contributed by atoms with Crippen LogP contribution >= 0.6 is 0 Å². The minimum Gasteiger partial charge on any atom is -1.00 e. The molecule has 0 bridgehead atoms. The Bertz CT molecular complexity index is 728. The lowest BCUT2D eigenvalue weighted by Gasteiger charge is -2.27. The van der Waals surface area contributed by atoms with Crippen LogP contribution in [0.25, 0.3) is 0 Å². The molecule has 0 fully saturated rings. The van der Waals surface area contributed by atoms with Gasteiger partial charge in [0.2, 0.25) is 0 Å². The molecule has 2 aromatic carbocycles. The van der Waals surface area contributed by atoms with Gasteiger partial charge in [-0.2, -0.15) is 0 Å². The minimum absolute atomic E-state index is 0. The van der Waals surface area contributed by atoms with E-state index in [9.17, 15) is 0 Å². The van der Waals surface area contributed by atoms with Gasteiger partial charge in [-0.05, 0) is 60.1 Å². The molecule has 0 aliphatic rings. The number of ether oxygens (including phenoxy) is 2. The zero-order valence-corrected chi connectivity index (χ0v) is 26.8. The number of quaternary nitrogens is 2. The molecule has 0 radical (unpaired) electrons. The van der Waals surface area contributed by atoms with E-state index >= 15 is 0 Å². The molecule has 0 saturated heterocycles. The largest absolute Gasteiger partial charge is 1.00 e. The normalized spacial score (nSPS) is 13.3. The minimum atomic E-state index is 0. The van der Waals surface area contributed by atoms with Gasteiger partial charge < -0.3 is 66.4 Å². The first kappa shape index (κ1) is 33.4. The molecule has 0 aliphatic carbocycles. The van der Waals surface area contributed by atoms with Crippen LogP contribution < -0.4 is 57.4 Å². The zero-order valence-electron chi connectivity index (χ0n) is 22.5. The topological polar surface area (TPSA) is 18.5 Å². The van der Waals surface area contributed by atoms with E-state index in [1.165, 1.54) is 11.1 Å². The molecule has 6 heteroatoms. The van der Waals surface area contributed by atoms with E-state index in [4.69, 9.17) is 9.47 Å². The molecular weight excluding hydrogens is 650 g/mol. The number of benzene rings is 2. The number of hydrogen-bond acceptors (Lipinski definition) is 2. The summed E-state index contributed by atoms with van der Waals surface area (Å²) < 4.78 is 13.7. The Morgan fingerprint density at radius 3 is 1.09 bits per heavy atom. The Hall–Kier alpha value is -0.580. The van der Waals surface area contributed by atoms with Crippen LogP contribution in [0.3, 0.4) is 0 Å². The van der Waals surface area contributed by atoms with Crippen LogP contribution in [0.1, 0.15) is 49.7 Å². The Kier molecular flexibility index (Phi) is 15.2. The van der Waals surface area contributed by atoms with Crippen molar-refractivity contribution in [1.82, 2.24) is 0 Å². The average Bonchev–Trinajstić information content (AvgIpc) is 2.71. The molecule has 2 aromatic rings. The lowest BCUT2D eigenvalue weighted by atomic mass is 9.78. The molecule has 2 rings (SSSR count). The molecule has 0 aliphatic heterocycles. The molecule has 0 N–H and O–H groups in total. The smallest absolute Gasteiger partial charge is 0.137 e. The van der Waals surface area contributed by atoms with Crippen LogP contribution in [0.4, 0.5) is 0 Å². The van der Waals surface area contributed by atoms with Gasteiger partial charge in [-0.15, -0.1) is 0 Å². The summed E-state index contributed by atoms with van der Waals surface area (Å²) in [6, 6.07) is 17.5. The first-order chi connectivity index (χ1) is 15.0. The third-order valence-corrected chi connectivity index (χ3v) is 6.04. The average molecular weight is 696 g/mol. The Labute approximate surface area is 243 Å². The lowest BCUT2D eigenvalue weighted by Crippen LogP contribution is -3.00. The van der Waals surface area contributed by atoms with Crippen molar-refractivity contribution in [2.45, 2.75) is 38.5 Å². The predicted octanol–water partition coefficient (Wildman–Crippen LogP) is -0.448. The van der Waals surface area contributed by atoms with Gasteiger partial charge in [-0.25, -0.2) is 0 Å². The Morgan fingerprint density at radius 1 is 0.559 bits per heavy atom. The van der Waals surface area contributed by atoms with Crippen molar-refractivity contribution >= 4 is 0 Å². The van der Waals surface area contributed by atoms with Crippen LogP contribution in [0.5, 0.6) is 11.5 Å². The third kappa shape index (κ3) is 11.9. The second-order valence-electron chi connectivity index (χ2n) is 10.9. The summed E-state index contributed by atoms with van der Waals surface area (Å²) in [5, 5.41) is 0. The Morgan fingerprint density at radius 2 is 0.853 bits per heavy atom. The highest BCUT2D eigenvalue weighted by Gasteiger charge is 2.22. The summed E-state index contributed by atoms with van der Waals surface area (Å²) in [4.78, 5) is 0. The van der Waals surface area contributed by atoms with Gasteiger partial charge in [0.05, 0.1) is 42.3 Å². The second kappa shape index (κ2) is 15.5. The van der Waals surface area contributed by atoms with E-state index in [0.717, 1.165) is 59.6 Å². The molecule has 0 heterocycles. The summed E-state index contributed by atoms with van der Waals surface area (Å²) in [5.41, 5.74) is 2.78. The molecule has 0 spiro atoms. The zero-order chi connectivity index (χ0) is 23.8. The van der Waals surface area contributed by atoms with Crippen molar-refractivity contribution < 1.29 is 66.4 Å². The highest BCUT2D eigenvalue weighted by Crippen LogP contribution is 2.38. The van der Waals surface area contributed by atoms with E-state index in [-0.39, 0.29) is 48.0 Å². The van der Waals surface area contributed by atoms with Gasteiger partial charge in [-0.3, -0.25) is 0 Å². The van der Waals surface area contributed by atoms with Crippen molar-refractivity contribution in [2.24, 2.45) is 0 Å². The monoisotopic (exact) mass is 696 g/mol. The first-order valence-electron chi connectivity index (χ1n) is 12.1. The SMILES string of the molecule is CCC(c1ccc(OCC[N+](C)(C)C)cc1)C(CC)c1ccc(OCC[N+](C)(C)C)cc1.[I-].[I-]. The van der Waals surface area contributed by atoms with Crippen molar-refractivity contribution in [2.75, 3.05) is 68.6 Å².